The van der Waals surface area contributed by atoms with Gasteiger partial charge in [-0.3, -0.25) is 4.79 Å². The number of anilines is 1. The maximum atomic E-state index is 12.4. The third-order valence-electron chi connectivity index (χ3n) is 5.06. The molecule has 1 N–H and O–H groups in total. The van der Waals surface area contributed by atoms with E-state index in [4.69, 9.17) is 0 Å². The van der Waals surface area contributed by atoms with E-state index in [1.165, 1.54) is 16.8 Å². The first kappa shape index (κ1) is 15.6. The molecule has 1 aliphatic heterocycles. The van der Waals surface area contributed by atoms with Crippen LogP contribution in [0.15, 0.2) is 36.1 Å². The predicted molar refractivity (Wildman–Crippen MR) is 97.5 cm³/mol. The second-order valence-corrected chi connectivity index (χ2v) is 6.99. The molecule has 0 fully saturated rings. The first-order valence-electron chi connectivity index (χ1n) is 7.97. The molecule has 1 aromatic carbocycles. The summed E-state index contributed by atoms with van der Waals surface area (Å²) in [7, 11) is 3.91. The molecule has 0 atom stereocenters. The van der Waals surface area contributed by atoms with Gasteiger partial charge < -0.3 is 10.2 Å². The van der Waals surface area contributed by atoms with Gasteiger partial charge in [0.05, 0.1) is 5.54 Å². The molecule has 3 heteroatoms. The quantitative estimate of drug-likeness (QED) is 0.906. The molecule has 0 unspecified atom stereocenters. The number of nitrogens with zero attached hydrogens (tertiary/aromatic N) is 1. The maximum absolute atomic E-state index is 12.4. The number of hydrogen-bond donors (Lipinski definition) is 1. The van der Waals surface area contributed by atoms with Crippen molar-refractivity contribution in [3.05, 3.63) is 52.7 Å². The summed E-state index contributed by atoms with van der Waals surface area (Å²) in [4.78, 5) is 14.7. The average molecular weight is 308 g/mol. The van der Waals surface area contributed by atoms with Crippen LogP contribution in [0, 0.1) is 0 Å². The van der Waals surface area contributed by atoms with Gasteiger partial charge >= 0.3 is 0 Å². The van der Waals surface area contributed by atoms with Gasteiger partial charge in [-0.25, -0.2) is 0 Å². The van der Waals surface area contributed by atoms with E-state index in [-0.39, 0.29) is 11.3 Å². The molecule has 0 saturated heterocycles. The van der Waals surface area contributed by atoms with E-state index in [1.54, 1.807) is 7.05 Å². The first-order valence-corrected chi connectivity index (χ1v) is 7.97. The molecule has 0 saturated carbocycles. The Hall–Kier alpha value is -2.29. The molecular weight excluding hydrogens is 284 g/mol. The van der Waals surface area contributed by atoms with Crippen LogP contribution in [0.4, 0.5) is 5.69 Å². The number of carbonyl (C=O) groups is 1. The largest absolute Gasteiger partial charge is 0.388 e. The van der Waals surface area contributed by atoms with Gasteiger partial charge in [0.2, 0.25) is 0 Å². The number of Topliss-reactive ketones (excluding diaryl/α,β-unsaturated/α-hetero) is 1. The first-order chi connectivity index (χ1) is 10.7. The molecule has 0 amide bonds. The number of carbonyl (C=O) groups excluding carboxylic acids is 1. The van der Waals surface area contributed by atoms with E-state index in [0.717, 1.165) is 11.1 Å². The van der Waals surface area contributed by atoms with Crippen LogP contribution in [0.1, 0.15) is 37.5 Å². The Morgan fingerprint density at radius 3 is 2.70 bits per heavy atom. The highest BCUT2D eigenvalue weighted by Crippen LogP contribution is 2.40. The fraction of sp³-hybridized carbons (Fsp3) is 0.350. The Morgan fingerprint density at radius 1 is 1.35 bits per heavy atom. The average Bonchev–Trinajstić information content (AvgIpc) is 2.49. The Labute approximate surface area is 138 Å². The summed E-state index contributed by atoms with van der Waals surface area (Å²) < 4.78 is 0. The second-order valence-electron chi connectivity index (χ2n) is 6.99. The van der Waals surface area contributed by atoms with Crippen molar-refractivity contribution in [3.8, 4) is 0 Å². The topological polar surface area (TPSA) is 32.3 Å². The van der Waals surface area contributed by atoms with Crippen LogP contribution in [0.2, 0.25) is 0 Å². The van der Waals surface area contributed by atoms with E-state index < -0.39 is 0 Å². The summed E-state index contributed by atoms with van der Waals surface area (Å²) in [5.41, 5.74) is 7.29. The maximum Gasteiger partial charge on any atom is 0.169 e. The minimum Gasteiger partial charge on any atom is -0.388 e. The predicted octanol–water partition coefficient (Wildman–Crippen LogP) is 3.56. The van der Waals surface area contributed by atoms with Crippen LogP contribution < -0.4 is 10.2 Å². The van der Waals surface area contributed by atoms with Crippen molar-refractivity contribution in [2.75, 3.05) is 19.0 Å². The van der Waals surface area contributed by atoms with Gasteiger partial charge in [-0.05, 0) is 55.7 Å². The van der Waals surface area contributed by atoms with Crippen molar-refractivity contribution < 1.29 is 4.79 Å². The molecule has 0 spiro atoms. The molecule has 3 rings (SSSR count). The van der Waals surface area contributed by atoms with Gasteiger partial charge in [0.15, 0.2) is 5.78 Å². The number of benzene rings is 1. The van der Waals surface area contributed by atoms with Gasteiger partial charge in [0, 0.05) is 43.0 Å². The van der Waals surface area contributed by atoms with Crippen LogP contribution in [-0.2, 0) is 11.2 Å². The lowest BCUT2D eigenvalue weighted by Crippen LogP contribution is -2.42. The van der Waals surface area contributed by atoms with E-state index in [0.29, 0.717) is 17.7 Å². The highest BCUT2D eigenvalue weighted by molar-refractivity contribution is 6.07. The van der Waals surface area contributed by atoms with Crippen LogP contribution in [-0.4, -0.2) is 25.4 Å². The molecule has 0 bridgehead atoms. The standard InChI is InChI=1S/C20H24N2O/c1-12-11-20(3,4)22(6)18-9-15-10-19(23)17(13(2)21-5)8-14(15)7-16(12)18/h7-9,11,21H,2,10H2,1,3-6H3. The Morgan fingerprint density at radius 2 is 2.04 bits per heavy atom. The Kier molecular flexibility index (Phi) is 3.47. The van der Waals surface area contributed by atoms with Gasteiger partial charge in [-0.2, -0.15) is 0 Å². The number of likely N-dealkylation sites (N-methyl/N-ethyl adjacent to an activating group) is 2. The van der Waals surface area contributed by atoms with E-state index >= 15 is 0 Å². The molecule has 120 valence electrons. The van der Waals surface area contributed by atoms with Crippen molar-refractivity contribution >= 4 is 23.1 Å². The van der Waals surface area contributed by atoms with Crippen LogP contribution in [0.5, 0.6) is 0 Å². The number of nitrogens with one attached hydrogen (secondary N) is 1. The molecule has 1 aromatic rings. The summed E-state index contributed by atoms with van der Waals surface area (Å²) in [6, 6.07) is 4.38. The highest BCUT2D eigenvalue weighted by atomic mass is 16.1. The lowest BCUT2D eigenvalue weighted by atomic mass is 9.83. The fourth-order valence-electron chi connectivity index (χ4n) is 3.44. The molecule has 0 radical (unpaired) electrons. The zero-order chi connectivity index (χ0) is 16.9. The third kappa shape index (κ3) is 2.40. The molecule has 23 heavy (non-hydrogen) atoms. The molecule has 1 aliphatic carbocycles. The molecule has 2 aliphatic rings. The van der Waals surface area contributed by atoms with Crippen molar-refractivity contribution in [2.24, 2.45) is 0 Å². The Bertz CT molecular complexity index is 781. The van der Waals surface area contributed by atoms with Crippen molar-refractivity contribution in [1.82, 2.24) is 5.32 Å². The SMILES string of the molecule is C=C(NC)C1=Cc2cc3c(cc2CC1=O)N(C)C(C)(C)C=C3C. The highest BCUT2D eigenvalue weighted by Gasteiger charge is 2.30. The van der Waals surface area contributed by atoms with Crippen molar-refractivity contribution in [2.45, 2.75) is 32.7 Å². The second kappa shape index (κ2) is 5.12. The van der Waals surface area contributed by atoms with Crippen molar-refractivity contribution in [3.63, 3.8) is 0 Å². The smallest absolute Gasteiger partial charge is 0.169 e. The number of allylic oxidation sites excluding steroid dienone is 2. The number of rotatable bonds is 2. The molecule has 1 heterocycles. The third-order valence-corrected chi connectivity index (χ3v) is 5.06. The zero-order valence-corrected chi connectivity index (χ0v) is 14.6. The Balaban J connectivity index is 2.17. The van der Waals surface area contributed by atoms with E-state index in [1.807, 2.05) is 6.08 Å². The summed E-state index contributed by atoms with van der Waals surface area (Å²) in [6.45, 7) is 10.5. The number of hydrogen-bond acceptors (Lipinski definition) is 3. The van der Waals surface area contributed by atoms with Crippen LogP contribution in [0.25, 0.3) is 11.6 Å². The summed E-state index contributed by atoms with van der Waals surface area (Å²) in [6.07, 6.45) is 4.70. The molecular formula is C20H24N2O. The lowest BCUT2D eigenvalue weighted by Gasteiger charge is -2.41. The monoisotopic (exact) mass is 308 g/mol. The zero-order valence-electron chi connectivity index (χ0n) is 14.6. The summed E-state index contributed by atoms with van der Waals surface area (Å²) in [5, 5.41) is 2.98. The molecule has 3 nitrogen and oxygen atoms in total. The fourth-order valence-corrected chi connectivity index (χ4v) is 3.44. The minimum absolute atomic E-state index is 0.0224. The minimum atomic E-state index is -0.0224. The van der Waals surface area contributed by atoms with Crippen molar-refractivity contribution in [1.29, 1.82) is 0 Å². The lowest BCUT2D eigenvalue weighted by molar-refractivity contribution is -0.114. The van der Waals surface area contributed by atoms with Gasteiger partial charge in [-0.1, -0.05) is 12.7 Å². The van der Waals surface area contributed by atoms with Gasteiger partial charge in [0.25, 0.3) is 0 Å². The van der Waals surface area contributed by atoms with Crippen LogP contribution >= 0.6 is 0 Å². The summed E-state index contributed by atoms with van der Waals surface area (Å²) >= 11 is 0. The van der Waals surface area contributed by atoms with Gasteiger partial charge in [0.1, 0.15) is 0 Å². The van der Waals surface area contributed by atoms with E-state index in [2.05, 4.69) is 62.8 Å². The van der Waals surface area contributed by atoms with E-state index in [9.17, 15) is 4.79 Å². The van der Waals surface area contributed by atoms with Crippen LogP contribution in [0.3, 0.4) is 0 Å². The number of fused-ring (bicyclic) bond motifs is 2. The van der Waals surface area contributed by atoms with Gasteiger partial charge in [-0.15, -0.1) is 0 Å². The normalized spacial score (nSPS) is 18.7. The molecule has 0 aromatic heterocycles. The number of ketones is 1. The summed E-state index contributed by atoms with van der Waals surface area (Å²) in [5.74, 6) is 0.127.